The highest BCUT2D eigenvalue weighted by molar-refractivity contribution is 5.67. The van der Waals surface area contributed by atoms with Crippen molar-refractivity contribution in [3.05, 3.63) is 35.7 Å². The van der Waals surface area contributed by atoms with Gasteiger partial charge >= 0.3 is 5.97 Å². The van der Waals surface area contributed by atoms with Crippen LogP contribution in [0.5, 0.6) is 11.5 Å². The summed E-state index contributed by atoms with van der Waals surface area (Å²) in [5.41, 5.74) is 3.30. The number of aromatic nitrogens is 2. The zero-order valence-corrected chi connectivity index (χ0v) is 16.4. The highest BCUT2D eigenvalue weighted by Gasteiger charge is 2.29. The summed E-state index contributed by atoms with van der Waals surface area (Å²) in [5.74, 6) is 0.899. The average Bonchev–Trinajstić information content (AvgIpc) is 3.37. The van der Waals surface area contributed by atoms with E-state index in [4.69, 9.17) is 14.6 Å². The number of carboxylic acids is 1. The summed E-state index contributed by atoms with van der Waals surface area (Å²) in [4.78, 5) is 15.8. The fraction of sp³-hybridized carbons (Fsp3) is 0.524. The highest BCUT2D eigenvalue weighted by Crippen LogP contribution is 2.36. The van der Waals surface area contributed by atoms with Gasteiger partial charge in [-0.05, 0) is 31.0 Å². The zero-order valence-electron chi connectivity index (χ0n) is 16.4. The van der Waals surface area contributed by atoms with E-state index in [0.29, 0.717) is 19.3 Å². The van der Waals surface area contributed by atoms with E-state index in [1.54, 1.807) is 0 Å². The van der Waals surface area contributed by atoms with Crippen molar-refractivity contribution in [3.63, 3.8) is 0 Å². The van der Waals surface area contributed by atoms with E-state index in [1.807, 2.05) is 6.07 Å². The van der Waals surface area contributed by atoms with Crippen LogP contribution in [0.4, 0.5) is 5.69 Å². The van der Waals surface area contributed by atoms with Crippen LogP contribution in [-0.2, 0) is 24.3 Å². The molecule has 1 N–H and O–H groups in total. The summed E-state index contributed by atoms with van der Waals surface area (Å²) in [6, 6.07) is 8.85. The largest absolute Gasteiger partial charge is 0.481 e. The third-order valence-corrected chi connectivity index (χ3v) is 6.18. The molecule has 1 aromatic heterocycles. The van der Waals surface area contributed by atoms with Crippen LogP contribution in [0.3, 0.4) is 0 Å². The minimum absolute atomic E-state index is 0.137. The molecule has 4 heterocycles. The Labute approximate surface area is 169 Å². The summed E-state index contributed by atoms with van der Waals surface area (Å²) in [5, 5.41) is 13.5. The van der Waals surface area contributed by atoms with E-state index in [9.17, 15) is 4.79 Å². The van der Waals surface area contributed by atoms with E-state index in [-0.39, 0.29) is 6.42 Å². The number of aliphatic carboxylic acids is 1. The maximum atomic E-state index is 10.8. The molecule has 3 aliphatic rings. The van der Waals surface area contributed by atoms with Crippen LogP contribution >= 0.6 is 0 Å². The quantitative estimate of drug-likeness (QED) is 0.826. The molecule has 1 fully saturated rings. The van der Waals surface area contributed by atoms with Crippen LogP contribution in [0, 0.1) is 0 Å². The lowest BCUT2D eigenvalue weighted by Crippen LogP contribution is -2.47. The Bertz CT molecular complexity index is 904. The lowest BCUT2D eigenvalue weighted by Gasteiger charge is -2.41. The van der Waals surface area contributed by atoms with Crippen molar-refractivity contribution in [1.29, 1.82) is 0 Å². The number of anilines is 1. The molecule has 154 valence electrons. The smallest absolute Gasteiger partial charge is 0.303 e. The molecular weight excluding hydrogens is 372 g/mol. The molecule has 0 bridgehead atoms. The summed E-state index contributed by atoms with van der Waals surface area (Å²) in [7, 11) is 0. The van der Waals surface area contributed by atoms with Gasteiger partial charge in [-0.2, -0.15) is 5.10 Å². The van der Waals surface area contributed by atoms with Crippen LogP contribution in [-0.4, -0.2) is 58.2 Å². The maximum Gasteiger partial charge on any atom is 0.303 e. The first-order valence-corrected chi connectivity index (χ1v) is 10.3. The lowest BCUT2D eigenvalue weighted by atomic mass is 10.0. The van der Waals surface area contributed by atoms with Crippen molar-refractivity contribution < 1.29 is 19.4 Å². The average molecular weight is 398 g/mol. The number of carbonyl (C=O) groups is 1. The second kappa shape index (κ2) is 7.59. The molecule has 1 aromatic carbocycles. The standard InChI is InChI=1S/C21H26N4O4/c26-21(27)4-1-15-11-18-13-24(9-10-25(18)22-15)16-5-7-23(8-6-16)17-2-3-19-20(12-17)29-14-28-19/h2-3,11-12,16H,1,4-10,13-14H2,(H,26,27). The molecule has 0 spiro atoms. The first-order chi connectivity index (χ1) is 14.2. The number of nitrogens with zero attached hydrogens (tertiary/aromatic N) is 4. The lowest BCUT2D eigenvalue weighted by molar-refractivity contribution is -0.136. The Hall–Kier alpha value is -2.74. The monoisotopic (exact) mass is 398 g/mol. The van der Waals surface area contributed by atoms with Gasteiger partial charge in [-0.15, -0.1) is 0 Å². The fourth-order valence-electron chi connectivity index (χ4n) is 4.59. The number of ether oxygens (including phenoxy) is 2. The van der Waals surface area contributed by atoms with Crippen molar-refractivity contribution in [3.8, 4) is 11.5 Å². The molecule has 1 saturated heterocycles. The Morgan fingerprint density at radius 1 is 1.10 bits per heavy atom. The van der Waals surface area contributed by atoms with Gasteiger partial charge in [0, 0.05) is 50.4 Å². The SMILES string of the molecule is O=C(O)CCc1cc2n(n1)CCN(C1CCN(c3ccc4c(c3)OCO4)CC1)C2. The third-order valence-electron chi connectivity index (χ3n) is 6.18. The number of hydrogen-bond donors (Lipinski definition) is 1. The molecule has 0 atom stereocenters. The molecule has 0 unspecified atom stereocenters. The molecule has 8 heteroatoms. The maximum absolute atomic E-state index is 10.8. The molecule has 0 aliphatic carbocycles. The normalized spacial score (nSPS) is 19.4. The van der Waals surface area contributed by atoms with Crippen molar-refractivity contribution in [2.75, 3.05) is 31.3 Å². The second-order valence-electron chi connectivity index (χ2n) is 7.97. The zero-order chi connectivity index (χ0) is 19.8. The van der Waals surface area contributed by atoms with E-state index in [1.165, 1.54) is 11.4 Å². The Balaban J connectivity index is 1.18. The van der Waals surface area contributed by atoms with Crippen LogP contribution in [0.15, 0.2) is 24.3 Å². The van der Waals surface area contributed by atoms with Crippen molar-refractivity contribution in [2.45, 2.75) is 44.8 Å². The molecule has 5 rings (SSSR count). The van der Waals surface area contributed by atoms with Gasteiger partial charge in [0.1, 0.15) is 0 Å². The van der Waals surface area contributed by atoms with Gasteiger partial charge in [-0.25, -0.2) is 0 Å². The molecule has 0 radical (unpaired) electrons. The first-order valence-electron chi connectivity index (χ1n) is 10.3. The Kier molecular flexibility index (Phi) is 4.79. The number of fused-ring (bicyclic) bond motifs is 2. The van der Waals surface area contributed by atoms with E-state index < -0.39 is 5.97 Å². The first kappa shape index (κ1) is 18.3. The van der Waals surface area contributed by atoms with Crippen LogP contribution < -0.4 is 14.4 Å². The predicted molar refractivity (Wildman–Crippen MR) is 106 cm³/mol. The van der Waals surface area contributed by atoms with Crippen LogP contribution in [0.2, 0.25) is 0 Å². The van der Waals surface area contributed by atoms with E-state index >= 15 is 0 Å². The molecule has 29 heavy (non-hydrogen) atoms. The van der Waals surface area contributed by atoms with E-state index in [2.05, 4.69) is 37.8 Å². The minimum Gasteiger partial charge on any atom is -0.481 e. The second-order valence-corrected chi connectivity index (χ2v) is 7.97. The third kappa shape index (κ3) is 3.76. The van der Waals surface area contributed by atoms with Gasteiger partial charge in [-0.1, -0.05) is 0 Å². The number of hydrogen-bond acceptors (Lipinski definition) is 6. The Morgan fingerprint density at radius 2 is 1.93 bits per heavy atom. The molecule has 0 saturated carbocycles. The number of rotatable bonds is 5. The summed E-state index contributed by atoms with van der Waals surface area (Å²) < 4.78 is 13.0. The molecule has 2 aromatic rings. The van der Waals surface area contributed by atoms with Crippen molar-refractivity contribution >= 4 is 11.7 Å². The van der Waals surface area contributed by atoms with Gasteiger partial charge in [0.25, 0.3) is 0 Å². The molecule has 8 nitrogen and oxygen atoms in total. The summed E-state index contributed by atoms with van der Waals surface area (Å²) in [6.45, 7) is 5.15. The van der Waals surface area contributed by atoms with Crippen molar-refractivity contribution in [1.82, 2.24) is 14.7 Å². The van der Waals surface area contributed by atoms with Gasteiger partial charge in [-0.3, -0.25) is 14.4 Å². The van der Waals surface area contributed by atoms with Gasteiger partial charge in [0.15, 0.2) is 11.5 Å². The summed E-state index contributed by atoms with van der Waals surface area (Å²) >= 11 is 0. The fourth-order valence-corrected chi connectivity index (χ4v) is 4.59. The molecular formula is C21H26N4O4. The number of aryl methyl sites for hydroxylation is 1. The minimum atomic E-state index is -0.771. The molecule has 0 amide bonds. The molecule has 3 aliphatic heterocycles. The van der Waals surface area contributed by atoms with Crippen LogP contribution in [0.25, 0.3) is 0 Å². The topological polar surface area (TPSA) is 80.1 Å². The number of benzene rings is 1. The van der Waals surface area contributed by atoms with E-state index in [0.717, 1.165) is 62.8 Å². The summed E-state index contributed by atoms with van der Waals surface area (Å²) in [6.07, 6.45) is 2.91. The Morgan fingerprint density at radius 3 is 2.76 bits per heavy atom. The van der Waals surface area contributed by atoms with Gasteiger partial charge in [0.2, 0.25) is 6.79 Å². The number of carboxylic acid groups (broad SMARTS) is 1. The van der Waals surface area contributed by atoms with Crippen LogP contribution in [0.1, 0.15) is 30.7 Å². The highest BCUT2D eigenvalue weighted by atomic mass is 16.7. The van der Waals surface area contributed by atoms with Gasteiger partial charge < -0.3 is 19.5 Å². The van der Waals surface area contributed by atoms with Crippen molar-refractivity contribution in [2.24, 2.45) is 0 Å². The number of piperidine rings is 1. The predicted octanol–water partition coefficient (Wildman–Crippen LogP) is 2.11. The van der Waals surface area contributed by atoms with Gasteiger partial charge in [0.05, 0.1) is 24.4 Å².